The molecule has 0 aliphatic heterocycles. The Morgan fingerprint density at radius 2 is 0.797 bits per heavy atom. The van der Waals surface area contributed by atoms with E-state index in [1.165, 1.54) is 82.4 Å². The maximum Gasteiger partial charge on any atom is 0.143 e. The molecule has 2 aromatic heterocycles. The van der Waals surface area contributed by atoms with E-state index < -0.39 is 0 Å². The smallest absolute Gasteiger partial charge is 0.143 e. The van der Waals surface area contributed by atoms with E-state index in [1.54, 1.807) is 0 Å². The van der Waals surface area contributed by atoms with Crippen molar-refractivity contribution in [3.05, 3.63) is 255 Å². The Balaban J connectivity index is 0.868. The van der Waals surface area contributed by atoms with Gasteiger partial charge in [0.15, 0.2) is 0 Å². The fraction of sp³-hybridized carbons (Fsp3) is 0. The summed E-state index contributed by atoms with van der Waals surface area (Å²) in [5.74, 6) is 0. The van der Waals surface area contributed by atoms with Crippen LogP contribution in [0.2, 0.25) is 0 Å². The molecule has 3 heteroatoms. The highest BCUT2D eigenvalue weighted by Gasteiger charge is 2.19. The molecule has 322 valence electrons. The lowest BCUT2D eigenvalue weighted by Gasteiger charge is -2.26. The third-order valence-electron chi connectivity index (χ3n) is 14.1. The summed E-state index contributed by atoms with van der Waals surface area (Å²) in [6.07, 6.45) is 0. The third kappa shape index (κ3) is 6.43. The van der Waals surface area contributed by atoms with Crippen molar-refractivity contribution in [2.75, 3.05) is 4.90 Å². The number of aromatic nitrogens is 1. The van der Waals surface area contributed by atoms with E-state index in [9.17, 15) is 0 Å². The van der Waals surface area contributed by atoms with Gasteiger partial charge in [-0.1, -0.05) is 164 Å². The van der Waals surface area contributed by atoms with Gasteiger partial charge < -0.3 is 13.9 Å². The van der Waals surface area contributed by atoms with Crippen molar-refractivity contribution < 1.29 is 4.42 Å². The zero-order valence-corrected chi connectivity index (χ0v) is 37.6. The molecule has 0 aliphatic rings. The number of furan rings is 1. The molecule has 0 fully saturated rings. The topological polar surface area (TPSA) is 21.3 Å². The Labute approximate surface area is 399 Å². The standard InChI is InChI=1S/C66H42N2O/c1-3-13-43(14-4-1)54-17-7-8-18-55(54)44-25-30-51(31-26-44)67(53-33-37-58-49(41-53)28-35-61-60-20-10-12-22-65(60)69-66(58)61)52-32-36-57-48(40-52)24-23-47-39-45(27-34-56(47)57)46-29-38-64-62(42-46)59-19-9-11-21-63(59)68(64)50-15-5-2-6-16-50/h1-42H. The summed E-state index contributed by atoms with van der Waals surface area (Å²) >= 11 is 0. The molecule has 14 rings (SSSR count). The summed E-state index contributed by atoms with van der Waals surface area (Å²) in [4.78, 5) is 2.38. The Bertz CT molecular complexity index is 4300. The molecule has 0 unspecified atom stereocenters. The molecule has 2 heterocycles. The van der Waals surface area contributed by atoms with Crippen molar-refractivity contribution >= 4 is 93.1 Å². The Morgan fingerprint density at radius 3 is 1.57 bits per heavy atom. The van der Waals surface area contributed by atoms with Crippen molar-refractivity contribution in [3.8, 4) is 39.1 Å². The molecular weight excluding hydrogens is 837 g/mol. The highest BCUT2D eigenvalue weighted by Crippen LogP contribution is 2.43. The molecule has 12 aromatic carbocycles. The van der Waals surface area contributed by atoms with Gasteiger partial charge in [0, 0.05) is 49.7 Å². The Kier molecular flexibility index (Phi) is 8.90. The summed E-state index contributed by atoms with van der Waals surface area (Å²) in [5.41, 5.74) is 15.9. The quantitative estimate of drug-likeness (QED) is 0.149. The molecule has 0 spiro atoms. The van der Waals surface area contributed by atoms with Gasteiger partial charge in [-0.05, 0) is 151 Å². The largest absolute Gasteiger partial charge is 0.455 e. The van der Waals surface area contributed by atoms with Gasteiger partial charge in [-0.25, -0.2) is 0 Å². The number of nitrogens with zero attached hydrogens (tertiary/aromatic N) is 2. The Hall–Kier alpha value is -9.18. The van der Waals surface area contributed by atoms with Crippen molar-refractivity contribution in [1.82, 2.24) is 4.57 Å². The predicted molar refractivity (Wildman–Crippen MR) is 292 cm³/mol. The Morgan fingerprint density at radius 1 is 0.290 bits per heavy atom. The second kappa shape index (κ2) is 15.7. The first kappa shape index (κ1) is 39.0. The summed E-state index contributed by atoms with van der Waals surface area (Å²) < 4.78 is 8.85. The second-order valence-corrected chi connectivity index (χ2v) is 18.1. The molecule has 0 saturated heterocycles. The predicted octanol–water partition coefficient (Wildman–Crippen LogP) is 18.6. The van der Waals surface area contributed by atoms with Crippen LogP contribution in [0.25, 0.3) is 115 Å². The van der Waals surface area contributed by atoms with Crippen LogP contribution in [0.1, 0.15) is 0 Å². The van der Waals surface area contributed by atoms with Gasteiger partial charge in [0.05, 0.1) is 11.0 Å². The van der Waals surface area contributed by atoms with Gasteiger partial charge in [0.2, 0.25) is 0 Å². The van der Waals surface area contributed by atoms with Crippen LogP contribution < -0.4 is 4.90 Å². The molecule has 0 amide bonds. The highest BCUT2D eigenvalue weighted by atomic mass is 16.3. The van der Waals surface area contributed by atoms with Gasteiger partial charge >= 0.3 is 0 Å². The van der Waals surface area contributed by atoms with Crippen LogP contribution in [0.3, 0.4) is 0 Å². The van der Waals surface area contributed by atoms with Crippen molar-refractivity contribution in [2.24, 2.45) is 0 Å². The molecule has 0 N–H and O–H groups in total. The molecule has 0 saturated carbocycles. The van der Waals surface area contributed by atoms with Crippen LogP contribution in [-0.2, 0) is 0 Å². The lowest BCUT2D eigenvalue weighted by molar-refractivity contribution is 0.672. The minimum atomic E-state index is 0.907. The number of hydrogen-bond acceptors (Lipinski definition) is 2. The minimum Gasteiger partial charge on any atom is -0.455 e. The summed E-state index contributed by atoms with van der Waals surface area (Å²) in [6.45, 7) is 0. The molecule has 0 aliphatic carbocycles. The molecule has 0 bridgehead atoms. The van der Waals surface area contributed by atoms with Crippen LogP contribution in [0.5, 0.6) is 0 Å². The first-order valence-corrected chi connectivity index (χ1v) is 23.6. The second-order valence-electron chi connectivity index (χ2n) is 18.1. The lowest BCUT2D eigenvalue weighted by Crippen LogP contribution is -2.10. The van der Waals surface area contributed by atoms with Gasteiger partial charge in [-0.2, -0.15) is 0 Å². The third-order valence-corrected chi connectivity index (χ3v) is 14.1. The zero-order chi connectivity index (χ0) is 45.4. The molecule has 3 nitrogen and oxygen atoms in total. The van der Waals surface area contributed by atoms with Gasteiger partial charge in [0.1, 0.15) is 11.2 Å². The average Bonchev–Trinajstić information content (AvgIpc) is 3.97. The molecule has 14 aromatic rings. The number of anilines is 3. The van der Waals surface area contributed by atoms with E-state index >= 15 is 0 Å². The van der Waals surface area contributed by atoms with Crippen LogP contribution in [-0.4, -0.2) is 4.57 Å². The van der Waals surface area contributed by atoms with Gasteiger partial charge in [0.25, 0.3) is 0 Å². The monoisotopic (exact) mass is 878 g/mol. The molecule has 69 heavy (non-hydrogen) atoms. The van der Waals surface area contributed by atoms with Crippen LogP contribution >= 0.6 is 0 Å². The zero-order valence-electron chi connectivity index (χ0n) is 37.6. The fourth-order valence-corrected chi connectivity index (χ4v) is 10.9. The number of para-hydroxylation sites is 3. The van der Waals surface area contributed by atoms with E-state index in [0.717, 1.165) is 49.8 Å². The minimum absolute atomic E-state index is 0.907. The average molecular weight is 879 g/mol. The highest BCUT2D eigenvalue weighted by molar-refractivity contribution is 6.16. The number of hydrogen-bond donors (Lipinski definition) is 0. The lowest BCUT2D eigenvalue weighted by atomic mass is 9.94. The molecule has 0 radical (unpaired) electrons. The first-order valence-electron chi connectivity index (χ1n) is 23.6. The van der Waals surface area contributed by atoms with E-state index in [-0.39, 0.29) is 0 Å². The van der Waals surface area contributed by atoms with Crippen LogP contribution in [0.15, 0.2) is 259 Å². The van der Waals surface area contributed by atoms with Crippen molar-refractivity contribution in [3.63, 3.8) is 0 Å². The summed E-state index contributed by atoms with van der Waals surface area (Å²) in [7, 11) is 0. The summed E-state index contributed by atoms with van der Waals surface area (Å²) in [5, 5.41) is 11.9. The molecule has 0 atom stereocenters. The normalized spacial score (nSPS) is 11.8. The molecular formula is C66H42N2O. The van der Waals surface area contributed by atoms with Crippen LogP contribution in [0, 0.1) is 0 Å². The van der Waals surface area contributed by atoms with E-state index in [0.29, 0.717) is 0 Å². The van der Waals surface area contributed by atoms with E-state index in [4.69, 9.17) is 4.42 Å². The maximum absolute atomic E-state index is 6.48. The van der Waals surface area contributed by atoms with Gasteiger partial charge in [-0.15, -0.1) is 0 Å². The van der Waals surface area contributed by atoms with Crippen molar-refractivity contribution in [1.29, 1.82) is 0 Å². The first-order chi connectivity index (χ1) is 34.2. The summed E-state index contributed by atoms with van der Waals surface area (Å²) in [6, 6.07) is 92.5. The number of fused-ring (bicyclic) bond motifs is 11. The SMILES string of the molecule is c1ccc(-c2ccccc2-c2ccc(N(c3ccc4c(ccc5cc(-c6ccc7c(c6)c6ccccc6n7-c6ccccc6)ccc54)c3)c3ccc4c(ccc5c6ccccc6oc45)c3)cc2)cc1. The van der Waals surface area contributed by atoms with E-state index in [2.05, 4.69) is 252 Å². The van der Waals surface area contributed by atoms with Crippen molar-refractivity contribution in [2.45, 2.75) is 0 Å². The number of rotatable bonds is 7. The number of benzene rings is 12. The maximum atomic E-state index is 6.48. The van der Waals surface area contributed by atoms with E-state index in [1.807, 2.05) is 12.1 Å². The van der Waals surface area contributed by atoms with Gasteiger partial charge in [-0.3, -0.25) is 0 Å². The fourth-order valence-electron chi connectivity index (χ4n) is 10.9. The van der Waals surface area contributed by atoms with Crippen LogP contribution in [0.4, 0.5) is 17.1 Å².